The molecule has 9 rings (SSSR count). The van der Waals surface area contributed by atoms with Gasteiger partial charge >= 0.3 is 5.97 Å². The zero-order chi connectivity index (χ0) is 43.3. The van der Waals surface area contributed by atoms with Gasteiger partial charge in [0.1, 0.15) is 17.9 Å². The van der Waals surface area contributed by atoms with Crippen LogP contribution >= 0.6 is 0 Å². The fourth-order valence-corrected chi connectivity index (χ4v) is 12.8. The first-order chi connectivity index (χ1) is 28.8. The number of carbonyl (C=O) groups is 1. The molecule has 342 valence electrons. The minimum atomic E-state index is -1.86. The van der Waals surface area contributed by atoms with Crippen LogP contribution in [0.15, 0.2) is 36.0 Å². The Hall–Kier alpha value is -1.79. The number of hydrogen-bond acceptors (Lipinski definition) is 13. The zero-order valence-electron chi connectivity index (χ0n) is 37.0. The first kappa shape index (κ1) is 44.4. The summed E-state index contributed by atoms with van der Waals surface area (Å²) in [4.78, 5) is 11.0. The zero-order valence-corrected chi connectivity index (χ0v) is 37.0. The molecule has 14 nitrogen and oxygen atoms in total. The summed E-state index contributed by atoms with van der Waals surface area (Å²) in [6, 6.07) is 0. The van der Waals surface area contributed by atoms with E-state index in [0.717, 1.165) is 43.4 Å². The normalized spacial score (nSPS) is 51.7. The van der Waals surface area contributed by atoms with E-state index in [9.17, 15) is 20.1 Å². The number of ether oxygens (including phenoxy) is 8. The number of aliphatic hydroxyl groups excluding tert-OH is 2. The van der Waals surface area contributed by atoms with Crippen LogP contribution in [0, 0.1) is 29.6 Å². The maximum absolute atomic E-state index is 12.2. The molecule has 0 aromatic heterocycles. The van der Waals surface area contributed by atoms with Crippen LogP contribution in [0.5, 0.6) is 0 Å². The molecule has 0 radical (unpaired) electrons. The lowest BCUT2D eigenvalue weighted by Crippen LogP contribution is -2.60. The van der Waals surface area contributed by atoms with E-state index in [1.54, 1.807) is 6.08 Å². The highest BCUT2D eigenvalue weighted by Crippen LogP contribution is 2.56. The standard InChI is InChI=1S/C47H71NO13/c1-25-15-33(9-8-32(49)18-39(50)51)55-43(20-25)12-13-47(61-43)31(7)17-34-35(58-47)19-37(54-34)42(52)46(53)11-10-28(4)40(60-46)29(5)22-44-21-26(2)16-36(56-44)41-38(57-44)23-45(59-41)30(6)14-27(3)24-48-45/h8-9,15,26-28,30-38,40-42,48-49,52-53H,5,10-14,16-24H2,1-4,6-7H3,(H,50,51)/b9-8+/t26-,27+,28-,30-,31+,32-,33+,34+,35+,36-,37-,38+,40-,41+,42+,43+,44-,45-,46+,47+/m0/s1. The van der Waals surface area contributed by atoms with Crippen molar-refractivity contribution >= 4 is 5.97 Å². The van der Waals surface area contributed by atoms with E-state index in [0.29, 0.717) is 62.7 Å². The lowest BCUT2D eigenvalue weighted by molar-refractivity contribution is -0.366. The molecular formula is C47H71NO13. The highest BCUT2D eigenvalue weighted by atomic mass is 16.8. The number of nitrogens with one attached hydrogen (secondary N) is 1. The Labute approximate surface area is 360 Å². The van der Waals surface area contributed by atoms with Gasteiger partial charge in [-0.25, -0.2) is 0 Å². The van der Waals surface area contributed by atoms with Crippen molar-refractivity contribution in [2.75, 3.05) is 6.54 Å². The molecule has 0 unspecified atom stereocenters. The number of rotatable bonds is 9. The van der Waals surface area contributed by atoms with Crippen molar-refractivity contribution in [1.82, 2.24) is 5.32 Å². The first-order valence-corrected chi connectivity index (χ1v) is 23.3. The summed E-state index contributed by atoms with van der Waals surface area (Å²) >= 11 is 0. The Kier molecular flexibility index (Phi) is 11.8. The molecule has 9 aliphatic rings. The highest BCUT2D eigenvalue weighted by molar-refractivity contribution is 5.67. The second kappa shape index (κ2) is 16.3. The minimum Gasteiger partial charge on any atom is -0.481 e. The number of carboxylic acids is 1. The van der Waals surface area contributed by atoms with Crippen molar-refractivity contribution < 1.29 is 63.1 Å². The van der Waals surface area contributed by atoms with Crippen molar-refractivity contribution in [3.63, 3.8) is 0 Å². The number of carboxylic acid groups (broad SMARTS) is 1. The predicted octanol–water partition coefficient (Wildman–Crippen LogP) is 5.37. The van der Waals surface area contributed by atoms with E-state index in [2.05, 4.69) is 46.5 Å². The minimum absolute atomic E-state index is 0.0465. The van der Waals surface area contributed by atoms with E-state index >= 15 is 0 Å². The van der Waals surface area contributed by atoms with Gasteiger partial charge in [-0.05, 0) is 61.9 Å². The molecule has 0 amide bonds. The van der Waals surface area contributed by atoms with E-state index in [1.807, 2.05) is 13.0 Å². The molecule has 20 atom stereocenters. The molecule has 0 aromatic carbocycles. The third-order valence-electron chi connectivity index (χ3n) is 15.8. The topological polar surface area (TPSA) is 184 Å². The van der Waals surface area contributed by atoms with Gasteiger partial charge in [-0.2, -0.15) is 0 Å². The summed E-state index contributed by atoms with van der Waals surface area (Å²) in [5, 5.41) is 47.0. The molecule has 8 fully saturated rings. The van der Waals surface area contributed by atoms with E-state index < -0.39 is 65.4 Å². The number of piperidine rings is 1. The van der Waals surface area contributed by atoms with Gasteiger partial charge in [-0.1, -0.05) is 65.0 Å². The molecule has 0 aromatic rings. The van der Waals surface area contributed by atoms with Gasteiger partial charge in [0.15, 0.2) is 23.1 Å². The van der Waals surface area contributed by atoms with Crippen LogP contribution < -0.4 is 5.32 Å². The van der Waals surface area contributed by atoms with Gasteiger partial charge in [0, 0.05) is 63.8 Å². The summed E-state index contributed by atoms with van der Waals surface area (Å²) in [7, 11) is 0. The van der Waals surface area contributed by atoms with Crippen LogP contribution in [0.1, 0.15) is 125 Å². The van der Waals surface area contributed by atoms with Crippen LogP contribution in [0.3, 0.4) is 0 Å². The molecule has 61 heavy (non-hydrogen) atoms. The second-order valence-corrected chi connectivity index (χ2v) is 21.1. The Morgan fingerprint density at radius 3 is 2.46 bits per heavy atom. The Morgan fingerprint density at radius 2 is 1.69 bits per heavy atom. The van der Waals surface area contributed by atoms with Crippen LogP contribution in [-0.2, 0) is 42.7 Å². The Balaban J connectivity index is 0.836. The second-order valence-electron chi connectivity index (χ2n) is 21.1. The van der Waals surface area contributed by atoms with Crippen LogP contribution in [0.25, 0.3) is 0 Å². The van der Waals surface area contributed by atoms with Crippen molar-refractivity contribution in [3.05, 3.63) is 36.0 Å². The molecule has 9 aliphatic heterocycles. The van der Waals surface area contributed by atoms with Crippen molar-refractivity contribution in [1.29, 1.82) is 0 Å². The number of hydrogen-bond donors (Lipinski definition) is 5. The van der Waals surface area contributed by atoms with Crippen LogP contribution in [0.2, 0.25) is 0 Å². The summed E-state index contributed by atoms with van der Waals surface area (Å²) in [5.74, 6) is -4.36. The van der Waals surface area contributed by atoms with Crippen LogP contribution in [0.4, 0.5) is 0 Å². The van der Waals surface area contributed by atoms with Gasteiger partial charge in [-0.3, -0.25) is 10.1 Å². The van der Waals surface area contributed by atoms with Gasteiger partial charge in [0.25, 0.3) is 0 Å². The van der Waals surface area contributed by atoms with Gasteiger partial charge < -0.3 is 58.3 Å². The Morgan fingerprint density at radius 1 is 0.902 bits per heavy atom. The lowest BCUT2D eigenvalue weighted by Gasteiger charge is -2.52. The van der Waals surface area contributed by atoms with Crippen LogP contribution in [-0.4, -0.2) is 123 Å². The maximum Gasteiger partial charge on any atom is 0.306 e. The van der Waals surface area contributed by atoms with Gasteiger partial charge in [-0.15, -0.1) is 0 Å². The number of fused-ring (bicyclic) bond motifs is 5. The van der Waals surface area contributed by atoms with E-state index in [-0.39, 0.29) is 55.2 Å². The maximum atomic E-state index is 12.2. The molecule has 2 bridgehead atoms. The van der Waals surface area contributed by atoms with Crippen molar-refractivity contribution in [2.24, 2.45) is 29.6 Å². The number of aliphatic hydroxyl groups is 3. The number of aliphatic carboxylic acids is 1. The molecule has 3 spiro atoms. The molecule has 5 N–H and O–H groups in total. The monoisotopic (exact) mass is 857 g/mol. The molecule has 14 heteroatoms. The average Bonchev–Trinajstić information content (AvgIpc) is 3.86. The lowest BCUT2D eigenvalue weighted by atomic mass is 9.79. The molecule has 0 aliphatic carbocycles. The summed E-state index contributed by atoms with van der Waals surface area (Å²) in [6.45, 7) is 18.5. The quantitative estimate of drug-likeness (QED) is 0.187. The van der Waals surface area contributed by atoms with E-state index in [1.165, 1.54) is 6.08 Å². The third kappa shape index (κ3) is 8.37. The summed E-state index contributed by atoms with van der Waals surface area (Å²) in [6.07, 6.45) is 7.09. The third-order valence-corrected chi connectivity index (χ3v) is 15.8. The Bertz CT molecular complexity index is 1740. The predicted molar refractivity (Wildman–Crippen MR) is 220 cm³/mol. The first-order valence-electron chi connectivity index (χ1n) is 23.3. The largest absolute Gasteiger partial charge is 0.481 e. The average molecular weight is 858 g/mol. The van der Waals surface area contributed by atoms with Gasteiger partial charge in [0.2, 0.25) is 0 Å². The summed E-state index contributed by atoms with van der Waals surface area (Å²) < 4.78 is 54.0. The van der Waals surface area contributed by atoms with Crippen molar-refractivity contribution in [2.45, 2.75) is 215 Å². The fraction of sp³-hybridized carbons (Fsp3) is 0.851. The summed E-state index contributed by atoms with van der Waals surface area (Å²) in [5.41, 5.74) is 1.44. The molecule has 8 saturated heterocycles. The van der Waals surface area contributed by atoms with Gasteiger partial charge in [0.05, 0.1) is 55.3 Å². The molecule has 9 heterocycles. The molecule has 0 saturated carbocycles. The highest BCUT2D eigenvalue weighted by Gasteiger charge is 2.64. The molecular weight excluding hydrogens is 787 g/mol. The van der Waals surface area contributed by atoms with Crippen molar-refractivity contribution in [3.8, 4) is 0 Å². The smallest absolute Gasteiger partial charge is 0.306 e. The fourth-order valence-electron chi connectivity index (χ4n) is 12.8. The SMILES string of the molecule is C=C(C[C@@]12C[C@@H](C)C[C@H](O1)[C@H]1O[C@]3(C[C@H]1O2)NC[C@H](C)C[C@@H]3C)[C@H]1O[C@@](O)([C@H](O)[C@@H]2C[C@H]3O[C@@]4(CC[C@]5(CC(C)=C[C@@H](/C=C/[C@H](O)CC(=O)O)O5)O4)[C@H](C)C[C@H]3O2)CC[C@@H]1C. The van der Waals surface area contributed by atoms with E-state index in [4.69, 9.17) is 43.0 Å².